The first kappa shape index (κ1) is 9.36. The zero-order valence-corrected chi connectivity index (χ0v) is 9.02. The van der Waals surface area contributed by atoms with Gasteiger partial charge in [-0.2, -0.15) is 0 Å². The number of fused-ring (bicyclic) bond motifs is 1. The molecule has 0 radical (unpaired) electrons. The molecule has 0 aromatic carbocycles. The van der Waals surface area contributed by atoms with Crippen LogP contribution in [0.4, 0.5) is 0 Å². The Morgan fingerprint density at radius 3 is 3.00 bits per heavy atom. The van der Waals surface area contributed by atoms with Crippen molar-refractivity contribution in [3.05, 3.63) is 18.2 Å². The van der Waals surface area contributed by atoms with Gasteiger partial charge in [0, 0.05) is 32.0 Å². The topological polar surface area (TPSA) is 47.1 Å². The van der Waals surface area contributed by atoms with Crippen LogP contribution in [0.25, 0.3) is 0 Å². The fourth-order valence-corrected chi connectivity index (χ4v) is 2.44. The molecule has 2 N–H and O–H groups in total. The number of nitrogens with two attached hydrogens (primary N) is 1. The van der Waals surface area contributed by atoms with Crippen molar-refractivity contribution in [2.24, 2.45) is 11.1 Å². The van der Waals surface area contributed by atoms with E-state index < -0.39 is 0 Å². The first-order chi connectivity index (χ1) is 7.31. The van der Waals surface area contributed by atoms with Gasteiger partial charge in [-0.05, 0) is 24.8 Å². The minimum Gasteiger partial charge on any atom is -0.333 e. The largest absolute Gasteiger partial charge is 0.333 e. The van der Waals surface area contributed by atoms with Crippen LogP contribution in [-0.4, -0.2) is 34.1 Å². The van der Waals surface area contributed by atoms with Gasteiger partial charge in [0.2, 0.25) is 0 Å². The summed E-state index contributed by atoms with van der Waals surface area (Å²) < 4.78 is 2.25. The third kappa shape index (κ3) is 1.68. The molecule has 2 heterocycles. The van der Waals surface area contributed by atoms with Crippen LogP contribution in [0, 0.1) is 5.41 Å². The van der Waals surface area contributed by atoms with Crippen LogP contribution >= 0.6 is 0 Å². The molecule has 1 aromatic heterocycles. The lowest BCUT2D eigenvalue weighted by molar-refractivity contribution is 0.178. The SMILES string of the molecule is NCC1(CN2CCn3ccnc3C2)CC1. The van der Waals surface area contributed by atoms with Crippen molar-refractivity contribution in [3.63, 3.8) is 0 Å². The Kier molecular flexibility index (Phi) is 2.07. The minimum atomic E-state index is 0.453. The van der Waals surface area contributed by atoms with Gasteiger partial charge >= 0.3 is 0 Å². The molecule has 4 nitrogen and oxygen atoms in total. The average Bonchev–Trinajstić information content (AvgIpc) is 2.88. The predicted octanol–water partition coefficient (Wildman–Crippen LogP) is 0.438. The molecule has 1 saturated carbocycles. The fraction of sp³-hybridized carbons (Fsp3) is 0.727. The van der Waals surface area contributed by atoms with Gasteiger partial charge in [0.05, 0.1) is 6.54 Å². The van der Waals surface area contributed by atoms with Gasteiger partial charge in [0.1, 0.15) is 5.82 Å². The molecule has 1 aromatic rings. The van der Waals surface area contributed by atoms with Crippen molar-refractivity contribution in [1.29, 1.82) is 0 Å². The number of rotatable bonds is 3. The highest BCUT2D eigenvalue weighted by molar-refractivity contribution is 5.00. The molecule has 1 fully saturated rings. The van der Waals surface area contributed by atoms with E-state index in [4.69, 9.17) is 5.73 Å². The summed E-state index contributed by atoms with van der Waals surface area (Å²) in [5.41, 5.74) is 6.27. The quantitative estimate of drug-likeness (QED) is 0.780. The lowest BCUT2D eigenvalue weighted by atomic mass is 10.1. The summed E-state index contributed by atoms with van der Waals surface area (Å²) in [6.45, 7) is 5.23. The van der Waals surface area contributed by atoms with Crippen molar-refractivity contribution < 1.29 is 0 Å². The summed E-state index contributed by atoms with van der Waals surface area (Å²) in [6, 6.07) is 0. The van der Waals surface area contributed by atoms with Gasteiger partial charge in [0.15, 0.2) is 0 Å². The van der Waals surface area contributed by atoms with Gasteiger partial charge in [-0.1, -0.05) is 0 Å². The molecular formula is C11H18N4. The lowest BCUT2D eigenvalue weighted by Crippen LogP contribution is -2.39. The normalized spacial score (nSPS) is 23.8. The van der Waals surface area contributed by atoms with E-state index in [1.807, 2.05) is 6.20 Å². The van der Waals surface area contributed by atoms with Crippen molar-refractivity contribution >= 4 is 0 Å². The van der Waals surface area contributed by atoms with E-state index in [2.05, 4.69) is 20.6 Å². The number of hydrogen-bond donors (Lipinski definition) is 1. The van der Waals surface area contributed by atoms with Crippen molar-refractivity contribution in [2.75, 3.05) is 19.6 Å². The van der Waals surface area contributed by atoms with E-state index in [9.17, 15) is 0 Å². The summed E-state index contributed by atoms with van der Waals surface area (Å²) in [5.74, 6) is 1.20. The Balaban J connectivity index is 1.66. The highest BCUT2D eigenvalue weighted by Crippen LogP contribution is 2.45. The van der Waals surface area contributed by atoms with Crippen LogP contribution in [0.3, 0.4) is 0 Å². The second kappa shape index (κ2) is 3.32. The van der Waals surface area contributed by atoms with E-state index in [1.165, 1.54) is 18.7 Å². The number of nitrogens with zero attached hydrogens (tertiary/aromatic N) is 3. The zero-order valence-electron chi connectivity index (χ0n) is 9.02. The van der Waals surface area contributed by atoms with E-state index in [0.717, 1.165) is 32.7 Å². The van der Waals surface area contributed by atoms with Crippen LogP contribution < -0.4 is 5.73 Å². The summed E-state index contributed by atoms with van der Waals surface area (Å²) >= 11 is 0. The number of aromatic nitrogens is 2. The van der Waals surface area contributed by atoms with E-state index in [1.54, 1.807) is 0 Å². The molecule has 15 heavy (non-hydrogen) atoms. The van der Waals surface area contributed by atoms with Gasteiger partial charge in [0.25, 0.3) is 0 Å². The molecule has 4 heteroatoms. The van der Waals surface area contributed by atoms with Crippen LogP contribution in [0.1, 0.15) is 18.7 Å². The second-order valence-electron chi connectivity index (χ2n) is 4.95. The molecule has 0 atom stereocenters. The molecule has 0 saturated heterocycles. The summed E-state index contributed by atoms with van der Waals surface area (Å²) in [4.78, 5) is 6.88. The Morgan fingerprint density at radius 2 is 2.27 bits per heavy atom. The number of hydrogen-bond acceptors (Lipinski definition) is 3. The Morgan fingerprint density at radius 1 is 1.40 bits per heavy atom. The molecular weight excluding hydrogens is 188 g/mol. The molecule has 1 aliphatic heterocycles. The second-order valence-corrected chi connectivity index (χ2v) is 4.95. The minimum absolute atomic E-state index is 0.453. The van der Waals surface area contributed by atoms with Gasteiger partial charge in [-0.15, -0.1) is 0 Å². The maximum absolute atomic E-state index is 5.81. The van der Waals surface area contributed by atoms with Crippen LogP contribution in [0.2, 0.25) is 0 Å². The van der Waals surface area contributed by atoms with Crippen molar-refractivity contribution in [1.82, 2.24) is 14.5 Å². The lowest BCUT2D eigenvalue weighted by Gasteiger charge is -2.30. The van der Waals surface area contributed by atoms with Gasteiger partial charge < -0.3 is 10.3 Å². The van der Waals surface area contributed by atoms with E-state index in [0.29, 0.717) is 5.41 Å². The summed E-state index contributed by atoms with van der Waals surface area (Å²) in [5, 5.41) is 0. The monoisotopic (exact) mass is 206 g/mol. The van der Waals surface area contributed by atoms with E-state index >= 15 is 0 Å². The third-order valence-corrected chi connectivity index (χ3v) is 3.77. The first-order valence-corrected chi connectivity index (χ1v) is 5.74. The maximum Gasteiger partial charge on any atom is 0.122 e. The van der Waals surface area contributed by atoms with Crippen LogP contribution in [0.5, 0.6) is 0 Å². The van der Waals surface area contributed by atoms with Crippen molar-refractivity contribution in [3.8, 4) is 0 Å². The molecule has 0 spiro atoms. The molecule has 3 rings (SSSR count). The molecule has 82 valence electrons. The van der Waals surface area contributed by atoms with Crippen molar-refractivity contribution in [2.45, 2.75) is 25.9 Å². The van der Waals surface area contributed by atoms with Gasteiger partial charge in [-0.3, -0.25) is 4.90 Å². The Labute approximate surface area is 90.1 Å². The highest BCUT2D eigenvalue weighted by Gasteiger charge is 2.42. The molecule has 0 bridgehead atoms. The molecule has 2 aliphatic rings. The Hall–Kier alpha value is -0.870. The number of imidazole rings is 1. The van der Waals surface area contributed by atoms with E-state index in [-0.39, 0.29) is 0 Å². The smallest absolute Gasteiger partial charge is 0.122 e. The maximum atomic E-state index is 5.81. The molecule has 0 unspecified atom stereocenters. The molecule has 1 aliphatic carbocycles. The average molecular weight is 206 g/mol. The third-order valence-electron chi connectivity index (χ3n) is 3.77. The summed E-state index contributed by atoms with van der Waals surface area (Å²) in [7, 11) is 0. The van der Waals surface area contributed by atoms with Gasteiger partial charge in [-0.25, -0.2) is 4.98 Å². The molecule has 0 amide bonds. The van der Waals surface area contributed by atoms with Crippen LogP contribution in [-0.2, 0) is 13.1 Å². The summed E-state index contributed by atoms with van der Waals surface area (Å²) in [6.07, 6.45) is 6.60. The standard InChI is InChI=1S/C11H18N4/c12-8-11(1-2-11)9-14-5-6-15-4-3-13-10(15)7-14/h3-4H,1-2,5-9,12H2. The highest BCUT2D eigenvalue weighted by atomic mass is 15.2. The fourth-order valence-electron chi connectivity index (χ4n) is 2.44. The Bertz CT molecular complexity index is 353. The van der Waals surface area contributed by atoms with Crippen LogP contribution in [0.15, 0.2) is 12.4 Å². The predicted molar refractivity (Wildman–Crippen MR) is 58.2 cm³/mol. The first-order valence-electron chi connectivity index (χ1n) is 5.74. The zero-order chi connectivity index (χ0) is 10.3.